The Balaban J connectivity index is 2.02. The van der Waals surface area contributed by atoms with Gasteiger partial charge in [-0.05, 0) is 48.9 Å². The van der Waals surface area contributed by atoms with Crippen molar-refractivity contribution in [3.63, 3.8) is 0 Å². The van der Waals surface area contributed by atoms with Gasteiger partial charge in [0.05, 0.1) is 12.7 Å². The minimum absolute atomic E-state index is 0.226. The molecule has 0 saturated heterocycles. The second kappa shape index (κ2) is 7.28. The first-order valence-electron chi connectivity index (χ1n) is 8.14. The van der Waals surface area contributed by atoms with Crippen LogP contribution in [0.25, 0.3) is 0 Å². The molecular weight excluding hydrogens is 262 g/mol. The molecule has 0 fully saturated rings. The number of rotatable bonds is 7. The van der Waals surface area contributed by atoms with Crippen molar-refractivity contribution >= 4 is 0 Å². The van der Waals surface area contributed by atoms with Crippen molar-refractivity contribution in [1.82, 2.24) is 5.32 Å². The van der Waals surface area contributed by atoms with Gasteiger partial charge in [-0.3, -0.25) is 0 Å². The Hall–Kier alpha value is -1.06. The van der Waals surface area contributed by atoms with Crippen LogP contribution in [0.3, 0.4) is 0 Å². The van der Waals surface area contributed by atoms with E-state index in [-0.39, 0.29) is 6.10 Å². The molecule has 1 aromatic rings. The van der Waals surface area contributed by atoms with Crippen LogP contribution >= 0.6 is 0 Å². The summed E-state index contributed by atoms with van der Waals surface area (Å²) in [6.07, 6.45) is 1.64. The van der Waals surface area contributed by atoms with Gasteiger partial charge >= 0.3 is 0 Å². The van der Waals surface area contributed by atoms with Gasteiger partial charge in [0, 0.05) is 12.5 Å². The van der Waals surface area contributed by atoms with Crippen LogP contribution in [0.1, 0.15) is 51.3 Å². The summed E-state index contributed by atoms with van der Waals surface area (Å²) in [6.45, 7) is 10.3. The highest BCUT2D eigenvalue weighted by molar-refractivity contribution is 5.40. The lowest BCUT2D eigenvalue weighted by Gasteiger charge is -2.25. The van der Waals surface area contributed by atoms with E-state index >= 15 is 0 Å². The average molecular weight is 291 g/mol. The number of aliphatic hydroxyl groups is 1. The van der Waals surface area contributed by atoms with Crippen LogP contribution in [-0.4, -0.2) is 24.4 Å². The van der Waals surface area contributed by atoms with Gasteiger partial charge in [-0.2, -0.15) is 0 Å². The SMILES string of the molecule is CC(O)CC(C)CNC(c1ccc2c(c1)CCO2)C(C)C. The van der Waals surface area contributed by atoms with Crippen LogP contribution in [0.4, 0.5) is 0 Å². The molecule has 3 atom stereocenters. The third-order valence-corrected chi connectivity index (χ3v) is 4.17. The molecule has 0 radical (unpaired) electrons. The highest BCUT2D eigenvalue weighted by Crippen LogP contribution is 2.30. The van der Waals surface area contributed by atoms with Crippen molar-refractivity contribution in [1.29, 1.82) is 0 Å². The minimum atomic E-state index is -0.226. The highest BCUT2D eigenvalue weighted by atomic mass is 16.5. The smallest absolute Gasteiger partial charge is 0.122 e. The monoisotopic (exact) mass is 291 g/mol. The Morgan fingerprint density at radius 1 is 1.24 bits per heavy atom. The summed E-state index contributed by atoms with van der Waals surface area (Å²) < 4.78 is 5.59. The molecule has 2 N–H and O–H groups in total. The van der Waals surface area contributed by atoms with E-state index < -0.39 is 0 Å². The minimum Gasteiger partial charge on any atom is -0.493 e. The largest absolute Gasteiger partial charge is 0.493 e. The van der Waals surface area contributed by atoms with E-state index in [1.807, 2.05) is 6.92 Å². The molecule has 0 spiro atoms. The van der Waals surface area contributed by atoms with Crippen LogP contribution in [0, 0.1) is 11.8 Å². The van der Waals surface area contributed by atoms with Crippen LogP contribution in [-0.2, 0) is 6.42 Å². The second-order valence-electron chi connectivity index (χ2n) is 6.79. The number of aliphatic hydroxyl groups excluding tert-OH is 1. The van der Waals surface area contributed by atoms with E-state index in [1.165, 1.54) is 11.1 Å². The average Bonchev–Trinajstić information content (AvgIpc) is 2.85. The Morgan fingerprint density at radius 2 is 2.00 bits per heavy atom. The Morgan fingerprint density at radius 3 is 2.67 bits per heavy atom. The van der Waals surface area contributed by atoms with E-state index in [1.54, 1.807) is 0 Å². The molecule has 0 aromatic heterocycles. The fraction of sp³-hybridized carbons (Fsp3) is 0.667. The normalized spacial score (nSPS) is 18.2. The predicted molar refractivity (Wildman–Crippen MR) is 86.7 cm³/mol. The van der Waals surface area contributed by atoms with Crippen LogP contribution in [0.2, 0.25) is 0 Å². The summed E-state index contributed by atoms with van der Waals surface area (Å²) in [7, 11) is 0. The fourth-order valence-electron chi connectivity index (χ4n) is 3.13. The second-order valence-corrected chi connectivity index (χ2v) is 6.79. The van der Waals surface area contributed by atoms with E-state index in [0.717, 1.165) is 31.7 Å². The van der Waals surface area contributed by atoms with Gasteiger partial charge in [-0.15, -0.1) is 0 Å². The van der Waals surface area contributed by atoms with E-state index in [9.17, 15) is 5.11 Å². The van der Waals surface area contributed by atoms with Crippen molar-refractivity contribution in [3.05, 3.63) is 29.3 Å². The molecule has 0 aliphatic carbocycles. The van der Waals surface area contributed by atoms with Gasteiger partial charge in [0.25, 0.3) is 0 Å². The lowest BCUT2D eigenvalue weighted by molar-refractivity contribution is 0.161. The highest BCUT2D eigenvalue weighted by Gasteiger charge is 2.20. The lowest BCUT2D eigenvalue weighted by Crippen LogP contribution is -2.30. The van der Waals surface area contributed by atoms with E-state index in [2.05, 4.69) is 44.3 Å². The maximum Gasteiger partial charge on any atom is 0.122 e. The quantitative estimate of drug-likeness (QED) is 0.810. The van der Waals surface area contributed by atoms with Crippen LogP contribution < -0.4 is 10.1 Å². The zero-order chi connectivity index (χ0) is 15.4. The molecule has 1 heterocycles. The first kappa shape index (κ1) is 16.3. The molecule has 1 aromatic carbocycles. The Kier molecular flexibility index (Phi) is 5.65. The van der Waals surface area contributed by atoms with Crippen molar-refractivity contribution in [2.75, 3.05) is 13.2 Å². The van der Waals surface area contributed by atoms with Gasteiger partial charge in [0.15, 0.2) is 0 Å². The summed E-state index contributed by atoms with van der Waals surface area (Å²) >= 11 is 0. The molecule has 0 saturated carbocycles. The summed E-state index contributed by atoms with van der Waals surface area (Å²) in [5.74, 6) is 2.05. The molecule has 0 bridgehead atoms. The summed E-state index contributed by atoms with van der Waals surface area (Å²) in [5.41, 5.74) is 2.68. The molecule has 0 amide bonds. The predicted octanol–water partition coefficient (Wildman–Crippen LogP) is 3.32. The number of nitrogens with one attached hydrogen (secondary N) is 1. The topological polar surface area (TPSA) is 41.5 Å². The van der Waals surface area contributed by atoms with Crippen LogP contribution in [0.15, 0.2) is 18.2 Å². The molecule has 118 valence electrons. The maximum atomic E-state index is 9.48. The maximum absolute atomic E-state index is 9.48. The van der Waals surface area contributed by atoms with Gasteiger partial charge in [0.2, 0.25) is 0 Å². The van der Waals surface area contributed by atoms with Crippen molar-refractivity contribution < 1.29 is 9.84 Å². The lowest BCUT2D eigenvalue weighted by atomic mass is 9.93. The Labute approximate surface area is 128 Å². The van der Waals surface area contributed by atoms with E-state index in [4.69, 9.17) is 4.74 Å². The summed E-state index contributed by atoms with van der Waals surface area (Å²) in [5, 5.41) is 13.2. The van der Waals surface area contributed by atoms with Crippen molar-refractivity contribution in [3.8, 4) is 5.75 Å². The standard InChI is InChI=1S/C18H29NO2/c1-12(2)18(19-11-13(3)9-14(4)20)16-5-6-17-15(10-16)7-8-21-17/h5-6,10,12-14,18-20H,7-9,11H2,1-4H3. The number of hydrogen-bond acceptors (Lipinski definition) is 3. The third kappa shape index (κ3) is 4.45. The molecule has 21 heavy (non-hydrogen) atoms. The molecule has 2 rings (SSSR count). The zero-order valence-electron chi connectivity index (χ0n) is 13.7. The molecule has 1 aliphatic rings. The summed E-state index contributed by atoms with van der Waals surface area (Å²) in [4.78, 5) is 0. The van der Waals surface area contributed by atoms with Gasteiger partial charge in [-0.25, -0.2) is 0 Å². The zero-order valence-corrected chi connectivity index (χ0v) is 13.7. The molecule has 3 unspecified atom stereocenters. The Bertz CT molecular complexity index is 457. The van der Waals surface area contributed by atoms with Gasteiger partial charge < -0.3 is 15.2 Å². The molecule has 3 nitrogen and oxygen atoms in total. The number of fused-ring (bicyclic) bond motifs is 1. The number of benzene rings is 1. The van der Waals surface area contributed by atoms with Crippen molar-refractivity contribution in [2.45, 2.75) is 52.7 Å². The number of hydrogen-bond donors (Lipinski definition) is 2. The molecule has 3 heteroatoms. The first-order valence-corrected chi connectivity index (χ1v) is 8.14. The third-order valence-electron chi connectivity index (χ3n) is 4.17. The number of ether oxygens (including phenoxy) is 1. The summed E-state index contributed by atoms with van der Waals surface area (Å²) in [6, 6.07) is 6.93. The fourth-order valence-corrected chi connectivity index (χ4v) is 3.13. The first-order chi connectivity index (χ1) is 9.97. The van der Waals surface area contributed by atoms with Crippen LogP contribution in [0.5, 0.6) is 5.75 Å². The molecular formula is C18H29NO2. The van der Waals surface area contributed by atoms with E-state index in [0.29, 0.717) is 17.9 Å². The van der Waals surface area contributed by atoms with Gasteiger partial charge in [0.1, 0.15) is 5.75 Å². The van der Waals surface area contributed by atoms with Gasteiger partial charge in [-0.1, -0.05) is 32.9 Å². The van der Waals surface area contributed by atoms with Crippen molar-refractivity contribution in [2.24, 2.45) is 11.8 Å². The molecule has 1 aliphatic heterocycles.